The number of nitrogens with one attached hydrogen (secondary N) is 2. The minimum atomic E-state index is -0.109. The van der Waals surface area contributed by atoms with E-state index in [0.29, 0.717) is 12.8 Å². The number of nitrogens with zero attached hydrogens (tertiary/aromatic N) is 1. The average molecular weight is 321 g/mol. The van der Waals surface area contributed by atoms with E-state index in [1.165, 1.54) is 0 Å². The molecule has 122 valence electrons. The second-order valence-electron chi connectivity index (χ2n) is 5.43. The van der Waals surface area contributed by atoms with Gasteiger partial charge in [0.1, 0.15) is 5.75 Å². The molecule has 0 unspecified atom stereocenters. The third kappa shape index (κ3) is 3.81. The molecule has 1 heterocycles. The summed E-state index contributed by atoms with van der Waals surface area (Å²) in [6, 6.07) is 15.7. The number of hydrogen-bond donors (Lipinski definition) is 2. The minimum absolute atomic E-state index is 0.109. The van der Waals surface area contributed by atoms with Crippen molar-refractivity contribution in [3.63, 3.8) is 0 Å². The standard InChI is InChI=1S/C19H19N3O2/c1-24-16-9-6-14(7-10-16)8-11-19(23)22-21-13-15-12-20-18-5-3-2-4-17(15)18/h2-7,9-10,12-13,20H,8,11H2,1H3,(H,22,23). The molecular weight excluding hydrogens is 302 g/mol. The van der Waals surface area contributed by atoms with Gasteiger partial charge in [-0.2, -0.15) is 5.10 Å². The number of hydrogen-bond acceptors (Lipinski definition) is 3. The van der Waals surface area contributed by atoms with Crippen molar-refractivity contribution in [1.29, 1.82) is 0 Å². The summed E-state index contributed by atoms with van der Waals surface area (Å²) in [5, 5.41) is 5.12. The van der Waals surface area contributed by atoms with Crippen molar-refractivity contribution < 1.29 is 9.53 Å². The number of hydrazone groups is 1. The largest absolute Gasteiger partial charge is 0.497 e. The van der Waals surface area contributed by atoms with Gasteiger partial charge in [-0.05, 0) is 30.2 Å². The number of carbonyl (C=O) groups is 1. The van der Waals surface area contributed by atoms with Gasteiger partial charge in [-0.1, -0.05) is 30.3 Å². The lowest BCUT2D eigenvalue weighted by atomic mass is 10.1. The highest BCUT2D eigenvalue weighted by Gasteiger charge is 2.03. The Bertz CT molecular complexity index is 850. The molecule has 0 spiro atoms. The number of methoxy groups -OCH3 is 1. The van der Waals surface area contributed by atoms with Crippen molar-refractivity contribution in [2.24, 2.45) is 5.10 Å². The Kier molecular flexibility index (Phi) is 4.91. The minimum Gasteiger partial charge on any atom is -0.497 e. The molecule has 0 aliphatic heterocycles. The monoisotopic (exact) mass is 321 g/mol. The van der Waals surface area contributed by atoms with E-state index in [1.807, 2.05) is 54.7 Å². The van der Waals surface area contributed by atoms with Crippen LogP contribution < -0.4 is 10.2 Å². The molecular formula is C19H19N3O2. The van der Waals surface area contributed by atoms with E-state index in [1.54, 1.807) is 13.3 Å². The fourth-order valence-corrected chi connectivity index (χ4v) is 2.48. The van der Waals surface area contributed by atoms with Crippen molar-refractivity contribution in [3.05, 3.63) is 65.9 Å². The molecule has 2 N–H and O–H groups in total. The quantitative estimate of drug-likeness (QED) is 0.540. The van der Waals surface area contributed by atoms with E-state index >= 15 is 0 Å². The van der Waals surface area contributed by atoms with Crippen molar-refractivity contribution in [3.8, 4) is 5.75 Å². The Morgan fingerprint density at radius 3 is 2.79 bits per heavy atom. The lowest BCUT2D eigenvalue weighted by Crippen LogP contribution is -2.17. The lowest BCUT2D eigenvalue weighted by Gasteiger charge is -2.03. The third-order valence-corrected chi connectivity index (χ3v) is 3.81. The number of H-pyrrole nitrogens is 1. The summed E-state index contributed by atoms with van der Waals surface area (Å²) in [6.45, 7) is 0. The molecule has 5 nitrogen and oxygen atoms in total. The van der Waals surface area contributed by atoms with E-state index in [-0.39, 0.29) is 5.91 Å². The number of carbonyl (C=O) groups excluding carboxylic acids is 1. The van der Waals surface area contributed by atoms with Gasteiger partial charge in [0.05, 0.1) is 13.3 Å². The molecule has 0 atom stereocenters. The Labute approximate surface area is 140 Å². The van der Waals surface area contributed by atoms with Gasteiger partial charge in [0.25, 0.3) is 0 Å². The Hall–Kier alpha value is -3.08. The summed E-state index contributed by atoms with van der Waals surface area (Å²) >= 11 is 0. The molecule has 0 aliphatic carbocycles. The zero-order valence-electron chi connectivity index (χ0n) is 13.5. The molecule has 0 radical (unpaired) electrons. The topological polar surface area (TPSA) is 66.5 Å². The van der Waals surface area contributed by atoms with Crippen molar-refractivity contribution >= 4 is 23.0 Å². The molecule has 1 aromatic heterocycles. The first-order valence-electron chi connectivity index (χ1n) is 7.77. The van der Waals surface area contributed by atoms with Crippen LogP contribution in [0.2, 0.25) is 0 Å². The smallest absolute Gasteiger partial charge is 0.240 e. The third-order valence-electron chi connectivity index (χ3n) is 3.81. The van der Waals surface area contributed by atoms with Gasteiger partial charge >= 0.3 is 0 Å². The van der Waals surface area contributed by atoms with Crippen LogP contribution in [-0.4, -0.2) is 24.2 Å². The summed E-state index contributed by atoms with van der Waals surface area (Å²) < 4.78 is 5.11. The number of ether oxygens (including phenoxy) is 1. The van der Waals surface area contributed by atoms with E-state index in [0.717, 1.165) is 27.8 Å². The van der Waals surface area contributed by atoms with Gasteiger partial charge in [-0.3, -0.25) is 4.79 Å². The second-order valence-corrected chi connectivity index (χ2v) is 5.43. The molecule has 3 aromatic rings. The Morgan fingerprint density at radius 2 is 2.00 bits per heavy atom. The summed E-state index contributed by atoms with van der Waals surface area (Å²) in [6.07, 6.45) is 4.58. The summed E-state index contributed by atoms with van der Waals surface area (Å²) in [7, 11) is 1.63. The second kappa shape index (κ2) is 7.46. The van der Waals surface area contributed by atoms with Crippen LogP contribution in [0, 0.1) is 0 Å². The molecule has 0 saturated heterocycles. The number of amides is 1. The number of aryl methyl sites for hydroxylation is 1. The molecule has 0 bridgehead atoms. The number of rotatable bonds is 6. The molecule has 0 aliphatic rings. The maximum absolute atomic E-state index is 11.9. The molecule has 1 amide bonds. The molecule has 5 heteroatoms. The average Bonchev–Trinajstić information content (AvgIpc) is 3.04. The van der Waals surface area contributed by atoms with Crippen LogP contribution >= 0.6 is 0 Å². The van der Waals surface area contributed by atoms with Crippen LogP contribution in [0.3, 0.4) is 0 Å². The van der Waals surface area contributed by atoms with Crippen molar-refractivity contribution in [1.82, 2.24) is 10.4 Å². The van der Waals surface area contributed by atoms with Crippen LogP contribution in [0.15, 0.2) is 59.8 Å². The maximum atomic E-state index is 11.9. The van der Waals surface area contributed by atoms with Gasteiger partial charge in [0.15, 0.2) is 0 Å². The maximum Gasteiger partial charge on any atom is 0.240 e. The van der Waals surface area contributed by atoms with E-state index in [2.05, 4.69) is 15.5 Å². The Balaban J connectivity index is 1.51. The molecule has 0 saturated carbocycles. The fourth-order valence-electron chi connectivity index (χ4n) is 2.48. The predicted molar refractivity (Wildman–Crippen MR) is 95.4 cm³/mol. The predicted octanol–water partition coefficient (Wildman–Crippen LogP) is 3.26. The molecule has 0 fully saturated rings. The highest BCUT2D eigenvalue weighted by molar-refractivity contribution is 5.99. The van der Waals surface area contributed by atoms with Crippen LogP contribution in [0.5, 0.6) is 5.75 Å². The fraction of sp³-hybridized carbons (Fsp3) is 0.158. The SMILES string of the molecule is COc1ccc(CCC(=O)NN=Cc2c[nH]c3ccccc23)cc1. The lowest BCUT2D eigenvalue weighted by molar-refractivity contribution is -0.121. The van der Waals surface area contributed by atoms with Gasteiger partial charge in [0.2, 0.25) is 5.91 Å². The van der Waals surface area contributed by atoms with Gasteiger partial charge in [-0.25, -0.2) is 5.43 Å². The molecule has 2 aromatic carbocycles. The number of aromatic nitrogens is 1. The molecule has 24 heavy (non-hydrogen) atoms. The summed E-state index contributed by atoms with van der Waals surface area (Å²) in [4.78, 5) is 15.0. The van der Waals surface area contributed by atoms with Crippen molar-refractivity contribution in [2.45, 2.75) is 12.8 Å². The zero-order valence-corrected chi connectivity index (χ0v) is 13.5. The highest BCUT2D eigenvalue weighted by Crippen LogP contribution is 2.15. The normalized spacial score (nSPS) is 11.0. The van der Waals surface area contributed by atoms with Crippen LogP contribution in [0.1, 0.15) is 17.5 Å². The zero-order chi connectivity index (χ0) is 16.8. The highest BCUT2D eigenvalue weighted by atomic mass is 16.5. The summed E-state index contributed by atoms with van der Waals surface area (Å²) in [5.41, 5.74) is 5.65. The van der Waals surface area contributed by atoms with E-state index in [4.69, 9.17) is 4.74 Å². The number of fused-ring (bicyclic) bond motifs is 1. The first-order valence-corrected chi connectivity index (χ1v) is 7.77. The van der Waals surface area contributed by atoms with Crippen LogP contribution in [0.4, 0.5) is 0 Å². The van der Waals surface area contributed by atoms with Gasteiger partial charge in [0, 0.05) is 29.1 Å². The van der Waals surface area contributed by atoms with Crippen molar-refractivity contribution in [2.75, 3.05) is 7.11 Å². The van der Waals surface area contributed by atoms with Crippen LogP contribution in [-0.2, 0) is 11.2 Å². The molecule has 3 rings (SSSR count). The first kappa shape index (κ1) is 15.8. The first-order chi connectivity index (χ1) is 11.8. The number of para-hydroxylation sites is 1. The van der Waals surface area contributed by atoms with E-state index < -0.39 is 0 Å². The van der Waals surface area contributed by atoms with E-state index in [9.17, 15) is 4.79 Å². The van der Waals surface area contributed by atoms with Crippen LogP contribution in [0.25, 0.3) is 10.9 Å². The van der Waals surface area contributed by atoms with Gasteiger partial charge in [-0.15, -0.1) is 0 Å². The Morgan fingerprint density at radius 1 is 1.21 bits per heavy atom. The summed E-state index contributed by atoms with van der Waals surface area (Å²) in [5.74, 6) is 0.702. The van der Waals surface area contributed by atoms with Gasteiger partial charge < -0.3 is 9.72 Å². The number of benzene rings is 2. The number of aromatic amines is 1.